The highest BCUT2D eigenvalue weighted by Gasteiger charge is 2.44. The van der Waals surface area contributed by atoms with Crippen LogP contribution in [0.25, 0.3) is 0 Å². The first-order valence-corrected chi connectivity index (χ1v) is 9.30. The van der Waals surface area contributed by atoms with Gasteiger partial charge in [-0.15, -0.1) is 0 Å². The molecule has 10 heteroatoms. The van der Waals surface area contributed by atoms with Gasteiger partial charge in [-0.3, -0.25) is 9.59 Å². The van der Waals surface area contributed by atoms with Gasteiger partial charge in [0, 0.05) is 11.6 Å². The fourth-order valence-corrected chi connectivity index (χ4v) is 3.07. The third-order valence-electron chi connectivity index (χ3n) is 4.87. The number of ketones is 2. The van der Waals surface area contributed by atoms with Gasteiger partial charge in [-0.1, -0.05) is 0 Å². The number of hydrogen-bond acceptors (Lipinski definition) is 10. The highest BCUT2D eigenvalue weighted by molar-refractivity contribution is 6.49. The van der Waals surface area contributed by atoms with Crippen molar-refractivity contribution < 1.29 is 49.3 Å². The second kappa shape index (κ2) is 9.41. The van der Waals surface area contributed by atoms with Crippen LogP contribution in [0.3, 0.4) is 0 Å². The Kier molecular flexibility index (Phi) is 6.88. The Morgan fingerprint density at radius 3 is 2.16 bits per heavy atom. The van der Waals surface area contributed by atoms with Crippen LogP contribution in [0.1, 0.15) is 20.7 Å². The van der Waals surface area contributed by atoms with Crippen LogP contribution in [0.4, 0.5) is 0 Å². The number of carbonyl (C=O) groups excluding carboxylic acids is 2. The molecule has 3 rings (SSSR count). The van der Waals surface area contributed by atoms with Gasteiger partial charge in [-0.25, -0.2) is 0 Å². The van der Waals surface area contributed by atoms with Crippen molar-refractivity contribution in [2.45, 2.75) is 30.7 Å². The topological polar surface area (TPSA) is 163 Å². The van der Waals surface area contributed by atoms with Crippen molar-refractivity contribution >= 4 is 11.6 Å². The fourth-order valence-electron chi connectivity index (χ4n) is 3.07. The monoisotopic (exact) mass is 434 g/mol. The van der Waals surface area contributed by atoms with Gasteiger partial charge in [-0.05, 0) is 36.4 Å². The number of Topliss-reactive ketones (excluding diaryl/α,β-unsaturated/α-hetero) is 2. The molecule has 1 fully saturated rings. The van der Waals surface area contributed by atoms with E-state index >= 15 is 0 Å². The number of hydrogen-bond donors (Lipinski definition) is 5. The van der Waals surface area contributed by atoms with E-state index in [2.05, 4.69) is 0 Å². The van der Waals surface area contributed by atoms with E-state index in [-0.39, 0.29) is 16.9 Å². The quantitative estimate of drug-likeness (QED) is 0.287. The summed E-state index contributed by atoms with van der Waals surface area (Å²) < 4.78 is 15.6. The van der Waals surface area contributed by atoms with E-state index in [0.29, 0.717) is 5.75 Å². The zero-order valence-corrected chi connectivity index (χ0v) is 16.4. The van der Waals surface area contributed by atoms with Gasteiger partial charge in [0.1, 0.15) is 41.7 Å². The molecule has 0 aromatic heterocycles. The molecule has 0 bridgehead atoms. The van der Waals surface area contributed by atoms with Crippen LogP contribution >= 0.6 is 0 Å². The average molecular weight is 434 g/mol. The largest absolute Gasteiger partial charge is 0.507 e. The molecule has 0 radical (unpaired) electrons. The Bertz CT molecular complexity index is 940. The zero-order valence-electron chi connectivity index (χ0n) is 16.4. The summed E-state index contributed by atoms with van der Waals surface area (Å²) in [5.74, 6) is -1.85. The number of phenols is 1. The molecule has 1 aliphatic heterocycles. The summed E-state index contributed by atoms with van der Waals surface area (Å²) in [5.41, 5.74) is -0.145. The van der Waals surface area contributed by atoms with E-state index in [0.717, 1.165) is 6.07 Å². The molecule has 2 aromatic rings. The molecule has 5 N–H and O–H groups in total. The zero-order chi connectivity index (χ0) is 22.7. The lowest BCUT2D eigenvalue weighted by molar-refractivity contribution is -0.277. The molecule has 5 atom stereocenters. The summed E-state index contributed by atoms with van der Waals surface area (Å²) in [6, 6.07) is 9.36. The number of aliphatic hydroxyl groups excluding tert-OH is 4. The Labute approximate surface area is 176 Å². The minimum atomic E-state index is -1.64. The van der Waals surface area contributed by atoms with Crippen molar-refractivity contribution in [1.29, 1.82) is 0 Å². The van der Waals surface area contributed by atoms with Gasteiger partial charge in [0.05, 0.1) is 19.3 Å². The van der Waals surface area contributed by atoms with Crippen LogP contribution in [-0.4, -0.2) is 81.5 Å². The molecule has 31 heavy (non-hydrogen) atoms. The molecule has 10 nitrogen and oxygen atoms in total. The van der Waals surface area contributed by atoms with Crippen LogP contribution in [0.15, 0.2) is 42.5 Å². The molecule has 0 amide bonds. The van der Waals surface area contributed by atoms with Gasteiger partial charge >= 0.3 is 0 Å². The summed E-state index contributed by atoms with van der Waals surface area (Å²) in [5, 5.41) is 49.1. The van der Waals surface area contributed by atoms with Crippen LogP contribution in [0.5, 0.6) is 17.2 Å². The van der Waals surface area contributed by atoms with E-state index in [1.165, 1.54) is 43.5 Å². The molecule has 1 aliphatic rings. The molecule has 0 saturated carbocycles. The molecule has 1 saturated heterocycles. The highest BCUT2D eigenvalue weighted by atomic mass is 16.7. The Morgan fingerprint density at radius 1 is 0.935 bits per heavy atom. The Morgan fingerprint density at radius 2 is 1.58 bits per heavy atom. The lowest BCUT2D eigenvalue weighted by Gasteiger charge is -2.39. The maximum atomic E-state index is 12.5. The SMILES string of the molecule is COc1ccc(C(=O)C(=O)c2ccc(OC3OC(CO)C(O)C(O)C3O)cc2O)cc1. The minimum absolute atomic E-state index is 0.0460. The van der Waals surface area contributed by atoms with Crippen molar-refractivity contribution in [2.24, 2.45) is 0 Å². The normalized spacial score (nSPS) is 25.6. The van der Waals surface area contributed by atoms with E-state index in [4.69, 9.17) is 14.2 Å². The first-order valence-electron chi connectivity index (χ1n) is 9.30. The number of rotatable bonds is 7. The molecule has 1 heterocycles. The first-order chi connectivity index (χ1) is 14.8. The van der Waals surface area contributed by atoms with Gasteiger partial charge < -0.3 is 39.7 Å². The molecule has 0 spiro atoms. The summed E-state index contributed by atoms with van der Waals surface area (Å²) >= 11 is 0. The van der Waals surface area contributed by atoms with Crippen LogP contribution in [0, 0.1) is 0 Å². The third-order valence-corrected chi connectivity index (χ3v) is 4.87. The summed E-state index contributed by atoms with van der Waals surface area (Å²) in [4.78, 5) is 24.9. The average Bonchev–Trinajstić information content (AvgIpc) is 2.78. The van der Waals surface area contributed by atoms with Gasteiger partial charge in [0.2, 0.25) is 17.9 Å². The van der Waals surface area contributed by atoms with Crippen molar-refractivity contribution in [3.8, 4) is 17.2 Å². The fraction of sp³-hybridized carbons (Fsp3) is 0.333. The predicted octanol–water partition coefficient (Wildman–Crippen LogP) is -0.355. The van der Waals surface area contributed by atoms with E-state index in [1.807, 2.05) is 0 Å². The number of phenolic OH excluding ortho intramolecular Hbond substituents is 1. The van der Waals surface area contributed by atoms with Gasteiger partial charge in [-0.2, -0.15) is 0 Å². The van der Waals surface area contributed by atoms with E-state index < -0.39 is 54.6 Å². The maximum absolute atomic E-state index is 12.5. The lowest BCUT2D eigenvalue weighted by atomic mass is 9.99. The third kappa shape index (κ3) is 4.68. The summed E-state index contributed by atoms with van der Waals surface area (Å²) in [6.07, 6.45) is -7.44. The van der Waals surface area contributed by atoms with E-state index in [1.54, 1.807) is 0 Å². The molecule has 2 aromatic carbocycles. The van der Waals surface area contributed by atoms with Gasteiger partial charge in [0.15, 0.2) is 0 Å². The van der Waals surface area contributed by atoms with E-state index in [9.17, 15) is 35.1 Å². The molecule has 0 aliphatic carbocycles. The Hall–Kier alpha value is -3.02. The first kappa shape index (κ1) is 22.7. The van der Waals surface area contributed by atoms with Crippen LogP contribution in [0.2, 0.25) is 0 Å². The van der Waals surface area contributed by atoms with Crippen LogP contribution < -0.4 is 9.47 Å². The standard InChI is InChI=1S/C21H22O10/c1-29-11-4-2-10(3-5-11)16(24)17(25)13-7-6-12(8-14(13)23)30-21-20(28)19(27)18(26)15(9-22)31-21/h2-8,15,18-23,26-28H,9H2,1H3. The second-order valence-corrected chi connectivity index (χ2v) is 6.88. The second-order valence-electron chi connectivity index (χ2n) is 6.88. The summed E-state index contributed by atoms with van der Waals surface area (Å²) in [6.45, 7) is -0.628. The number of aromatic hydroxyl groups is 1. The van der Waals surface area contributed by atoms with Crippen molar-refractivity contribution in [3.05, 3.63) is 53.6 Å². The number of methoxy groups -OCH3 is 1. The van der Waals surface area contributed by atoms with Gasteiger partial charge in [0.25, 0.3) is 0 Å². The molecule has 5 unspecified atom stereocenters. The number of carbonyl (C=O) groups is 2. The predicted molar refractivity (Wildman–Crippen MR) is 104 cm³/mol. The highest BCUT2D eigenvalue weighted by Crippen LogP contribution is 2.29. The lowest BCUT2D eigenvalue weighted by Crippen LogP contribution is -2.60. The summed E-state index contributed by atoms with van der Waals surface area (Å²) in [7, 11) is 1.47. The number of ether oxygens (including phenoxy) is 3. The molecular formula is C21H22O10. The van der Waals surface area contributed by atoms with Crippen molar-refractivity contribution in [2.75, 3.05) is 13.7 Å². The minimum Gasteiger partial charge on any atom is -0.507 e. The Balaban J connectivity index is 1.74. The number of benzene rings is 2. The smallest absolute Gasteiger partial charge is 0.237 e. The maximum Gasteiger partial charge on any atom is 0.237 e. The van der Waals surface area contributed by atoms with Crippen LogP contribution in [-0.2, 0) is 4.74 Å². The molecular weight excluding hydrogens is 412 g/mol. The number of aliphatic hydroxyl groups is 4. The molecule has 166 valence electrons. The van der Waals surface area contributed by atoms with Crippen molar-refractivity contribution in [1.82, 2.24) is 0 Å². The van der Waals surface area contributed by atoms with Crippen molar-refractivity contribution in [3.63, 3.8) is 0 Å².